The van der Waals surface area contributed by atoms with E-state index in [1.54, 1.807) is 5.32 Å². The first-order chi connectivity index (χ1) is 6.63. The highest BCUT2D eigenvalue weighted by atomic mass is 19.1. The fourth-order valence-corrected chi connectivity index (χ4v) is 0.795. The third-order valence-electron chi connectivity index (χ3n) is 1.35. The number of rotatable bonds is 1. The van der Waals surface area contributed by atoms with Crippen LogP contribution in [0.25, 0.3) is 0 Å². The van der Waals surface area contributed by atoms with Crippen LogP contribution in [0.5, 0.6) is 0 Å². The lowest BCUT2D eigenvalue weighted by Gasteiger charge is -2.03. The molecule has 4 nitrogen and oxygen atoms in total. The average molecular weight is 197 g/mol. The van der Waals surface area contributed by atoms with Crippen LogP contribution in [0.4, 0.5) is 19.3 Å². The molecule has 0 aliphatic carbocycles. The molecule has 1 aromatic carbocycles. The Hall–Kier alpha value is -2.16. The molecule has 0 fully saturated rings. The maximum absolute atomic E-state index is 12.9. The smallest absolute Gasteiger partial charge is 0.304 e. The Bertz CT molecular complexity index is 400. The molecule has 0 aliphatic rings. The maximum Gasteiger partial charge on any atom is 0.332 e. The lowest BCUT2D eigenvalue weighted by molar-refractivity contribution is 0.255. The van der Waals surface area contributed by atoms with Gasteiger partial charge in [0.25, 0.3) is 0 Å². The van der Waals surface area contributed by atoms with Crippen molar-refractivity contribution in [2.75, 3.05) is 5.32 Å². The zero-order valence-electron chi connectivity index (χ0n) is 6.84. The molecule has 0 atom stereocenters. The van der Waals surface area contributed by atoms with Gasteiger partial charge < -0.3 is 5.32 Å². The minimum absolute atomic E-state index is 0.195. The van der Waals surface area contributed by atoms with Crippen molar-refractivity contribution in [2.24, 2.45) is 0 Å². The van der Waals surface area contributed by atoms with E-state index in [1.807, 2.05) is 5.32 Å². The second-order valence-electron chi connectivity index (χ2n) is 2.32. The number of hydrogen-bond donors (Lipinski definition) is 2. The third-order valence-corrected chi connectivity index (χ3v) is 1.35. The van der Waals surface area contributed by atoms with E-state index >= 15 is 0 Å². The highest BCUT2D eigenvalue weighted by Crippen LogP contribution is 2.14. The summed E-state index contributed by atoms with van der Waals surface area (Å²) in [5.41, 5.74) is -0.195. The van der Waals surface area contributed by atoms with Crippen LogP contribution >= 0.6 is 0 Å². The molecule has 0 heterocycles. The Balaban J connectivity index is 2.78. The molecule has 0 aromatic heterocycles. The molecule has 1 rings (SSSR count). The minimum Gasteiger partial charge on any atom is -0.304 e. The summed E-state index contributed by atoms with van der Waals surface area (Å²) in [5.74, 6) is -1.65. The molecule has 1 aromatic rings. The number of carbonyl (C=O) groups is 1. The number of hydrogen-bond acceptors (Lipinski definition) is 2. The van der Waals surface area contributed by atoms with Gasteiger partial charge in [0, 0.05) is 6.07 Å². The van der Waals surface area contributed by atoms with Crippen molar-refractivity contribution in [3.8, 4) is 6.19 Å². The first-order valence-electron chi connectivity index (χ1n) is 3.54. The lowest BCUT2D eigenvalue weighted by Crippen LogP contribution is -2.24. The number of amides is 2. The van der Waals surface area contributed by atoms with E-state index in [9.17, 15) is 13.6 Å². The summed E-state index contributed by atoms with van der Waals surface area (Å²) >= 11 is 0. The van der Waals surface area contributed by atoms with E-state index in [4.69, 9.17) is 5.26 Å². The summed E-state index contributed by atoms with van der Waals surface area (Å²) in [6.07, 6.45) is 1.36. The van der Waals surface area contributed by atoms with Crippen molar-refractivity contribution >= 4 is 11.7 Å². The monoisotopic (exact) mass is 197 g/mol. The normalized spacial score (nSPS) is 8.93. The van der Waals surface area contributed by atoms with Crippen molar-refractivity contribution in [3.63, 3.8) is 0 Å². The number of halogens is 2. The zero-order valence-corrected chi connectivity index (χ0v) is 6.84. The molecule has 0 spiro atoms. The van der Waals surface area contributed by atoms with Gasteiger partial charge in [-0.05, 0) is 12.1 Å². The molecule has 2 amide bonds. The van der Waals surface area contributed by atoms with Gasteiger partial charge in [-0.3, -0.25) is 0 Å². The number of anilines is 1. The molecular formula is C8H5F2N3O. The van der Waals surface area contributed by atoms with Crippen molar-refractivity contribution in [2.45, 2.75) is 0 Å². The second kappa shape index (κ2) is 4.18. The first-order valence-corrected chi connectivity index (χ1v) is 3.54. The predicted octanol–water partition coefficient (Wildman–Crippen LogP) is 1.57. The summed E-state index contributed by atoms with van der Waals surface area (Å²) in [6.45, 7) is 0. The van der Waals surface area contributed by atoms with E-state index in [-0.39, 0.29) is 5.69 Å². The first kappa shape index (κ1) is 9.92. The summed E-state index contributed by atoms with van der Waals surface area (Å²) in [5, 5.41) is 11.8. The second-order valence-corrected chi connectivity index (χ2v) is 2.32. The van der Waals surface area contributed by atoms with Gasteiger partial charge in [-0.15, -0.1) is 0 Å². The summed E-state index contributed by atoms with van der Waals surface area (Å²) in [7, 11) is 0. The Labute approximate surface area is 78.1 Å². The fourth-order valence-electron chi connectivity index (χ4n) is 0.795. The van der Waals surface area contributed by atoms with Gasteiger partial charge in [-0.1, -0.05) is 0 Å². The van der Waals surface area contributed by atoms with Crippen LogP contribution in [0, 0.1) is 23.1 Å². The SMILES string of the molecule is N#CNC(=O)Nc1ccc(F)cc1F. The van der Waals surface area contributed by atoms with Crippen LogP contribution < -0.4 is 10.6 Å². The predicted molar refractivity (Wildman–Crippen MR) is 44.1 cm³/mol. The van der Waals surface area contributed by atoms with E-state index in [0.29, 0.717) is 6.07 Å². The van der Waals surface area contributed by atoms with E-state index in [2.05, 4.69) is 0 Å². The number of urea groups is 1. The molecule has 0 bridgehead atoms. The van der Waals surface area contributed by atoms with Crippen LogP contribution in [0.3, 0.4) is 0 Å². The Morgan fingerprint density at radius 2 is 2.14 bits per heavy atom. The van der Waals surface area contributed by atoms with Crippen LogP contribution in [-0.4, -0.2) is 6.03 Å². The molecule has 0 saturated heterocycles. The van der Waals surface area contributed by atoms with Gasteiger partial charge in [-0.25, -0.2) is 18.9 Å². The number of benzene rings is 1. The minimum atomic E-state index is -0.905. The van der Waals surface area contributed by atoms with Crippen LogP contribution in [-0.2, 0) is 0 Å². The molecule has 0 saturated carbocycles. The number of carbonyl (C=O) groups excluding carboxylic acids is 1. The Morgan fingerprint density at radius 1 is 1.43 bits per heavy atom. The quantitative estimate of drug-likeness (QED) is 0.530. The van der Waals surface area contributed by atoms with Gasteiger partial charge in [-0.2, -0.15) is 5.26 Å². The number of nitrogens with zero attached hydrogens (tertiary/aromatic N) is 1. The van der Waals surface area contributed by atoms with Crippen molar-refractivity contribution in [3.05, 3.63) is 29.8 Å². The molecule has 0 aliphatic heterocycles. The summed E-state index contributed by atoms with van der Waals surface area (Å²) < 4.78 is 25.3. The summed E-state index contributed by atoms with van der Waals surface area (Å²) in [6, 6.07) is 1.80. The maximum atomic E-state index is 12.9. The molecular weight excluding hydrogens is 192 g/mol. The van der Waals surface area contributed by atoms with E-state index < -0.39 is 17.7 Å². The van der Waals surface area contributed by atoms with Crippen molar-refractivity contribution in [1.82, 2.24) is 5.32 Å². The Morgan fingerprint density at radius 3 is 2.71 bits per heavy atom. The molecule has 0 unspecified atom stereocenters. The number of nitrogens with one attached hydrogen (secondary N) is 2. The lowest BCUT2D eigenvalue weighted by atomic mass is 10.3. The molecule has 0 radical (unpaired) electrons. The molecule has 6 heteroatoms. The molecule has 14 heavy (non-hydrogen) atoms. The van der Waals surface area contributed by atoms with Gasteiger partial charge in [0.1, 0.15) is 11.6 Å². The third kappa shape index (κ3) is 2.42. The Kier molecular flexibility index (Phi) is 2.97. The highest BCUT2D eigenvalue weighted by molar-refractivity contribution is 5.90. The van der Waals surface area contributed by atoms with Crippen molar-refractivity contribution in [1.29, 1.82) is 5.26 Å². The van der Waals surface area contributed by atoms with Crippen LogP contribution in [0.15, 0.2) is 18.2 Å². The van der Waals surface area contributed by atoms with Gasteiger partial charge >= 0.3 is 6.03 Å². The van der Waals surface area contributed by atoms with Crippen molar-refractivity contribution < 1.29 is 13.6 Å². The van der Waals surface area contributed by atoms with E-state index in [0.717, 1.165) is 12.1 Å². The molecule has 2 N–H and O–H groups in total. The fraction of sp³-hybridized carbons (Fsp3) is 0. The zero-order chi connectivity index (χ0) is 10.6. The largest absolute Gasteiger partial charge is 0.332 e. The highest BCUT2D eigenvalue weighted by Gasteiger charge is 2.06. The van der Waals surface area contributed by atoms with Crippen LogP contribution in [0.1, 0.15) is 0 Å². The van der Waals surface area contributed by atoms with Gasteiger partial charge in [0.05, 0.1) is 5.69 Å². The van der Waals surface area contributed by atoms with Crippen LogP contribution in [0.2, 0.25) is 0 Å². The van der Waals surface area contributed by atoms with Gasteiger partial charge in [0.15, 0.2) is 6.19 Å². The molecule has 72 valence electrons. The number of nitriles is 1. The summed E-state index contributed by atoms with van der Waals surface area (Å²) in [4.78, 5) is 10.7. The standard InChI is InChI=1S/C8H5F2N3O/c9-5-1-2-7(6(10)3-5)13-8(14)12-4-11/h1-3H,(H2,12,13,14). The topological polar surface area (TPSA) is 64.9 Å². The van der Waals surface area contributed by atoms with Gasteiger partial charge in [0.2, 0.25) is 0 Å². The van der Waals surface area contributed by atoms with E-state index in [1.165, 1.54) is 6.19 Å². The average Bonchev–Trinajstić information content (AvgIpc) is 2.10.